The highest BCUT2D eigenvalue weighted by Crippen LogP contribution is 2.36. The van der Waals surface area contributed by atoms with Crippen molar-refractivity contribution < 1.29 is 23.6 Å². The van der Waals surface area contributed by atoms with Gasteiger partial charge in [-0.1, -0.05) is 49.6 Å². The largest absolute Gasteiger partial charge is 0.342 e. The van der Waals surface area contributed by atoms with Crippen molar-refractivity contribution in [2.45, 2.75) is 76.4 Å². The molecular weight excluding hydrogens is 579 g/mol. The highest BCUT2D eigenvalue weighted by atomic mass is 32.1. The quantitative estimate of drug-likeness (QED) is 0.310. The van der Waals surface area contributed by atoms with Gasteiger partial charge in [0.15, 0.2) is 0 Å². The Morgan fingerprint density at radius 1 is 1.00 bits per heavy atom. The van der Waals surface area contributed by atoms with E-state index in [-0.39, 0.29) is 47.6 Å². The van der Waals surface area contributed by atoms with Crippen LogP contribution >= 0.6 is 11.3 Å². The SMILES string of the molecule is C[C@H](C(=O)N[C@H](C(=O)N1CCC[C@H]1c1nc(C(=O)c2ccc(F)cc2)cs1)C1CCCCC1)N(C)C(=O)Cc1ccccc1. The molecule has 1 N–H and O–H groups in total. The van der Waals surface area contributed by atoms with E-state index in [0.717, 1.165) is 44.1 Å². The van der Waals surface area contributed by atoms with Crippen LogP contribution in [0.4, 0.5) is 4.39 Å². The minimum atomic E-state index is -0.751. The van der Waals surface area contributed by atoms with Crippen LogP contribution in [0.15, 0.2) is 60.0 Å². The van der Waals surface area contributed by atoms with Gasteiger partial charge in [-0.25, -0.2) is 9.37 Å². The van der Waals surface area contributed by atoms with Crippen LogP contribution in [0.25, 0.3) is 0 Å². The molecule has 2 aliphatic rings. The van der Waals surface area contributed by atoms with Crippen LogP contribution in [0.3, 0.4) is 0 Å². The fraction of sp³-hybridized carbons (Fsp3) is 0.441. The minimum Gasteiger partial charge on any atom is -0.342 e. The van der Waals surface area contributed by atoms with Crippen molar-refractivity contribution in [3.05, 3.63) is 87.6 Å². The third kappa shape index (κ3) is 7.23. The molecule has 232 valence electrons. The van der Waals surface area contributed by atoms with Crippen LogP contribution in [-0.4, -0.2) is 64.0 Å². The Bertz CT molecular complexity index is 1470. The summed E-state index contributed by atoms with van der Waals surface area (Å²) >= 11 is 1.34. The lowest BCUT2D eigenvalue weighted by Crippen LogP contribution is -2.56. The zero-order valence-electron chi connectivity index (χ0n) is 25.2. The van der Waals surface area contributed by atoms with Gasteiger partial charge in [-0.3, -0.25) is 19.2 Å². The number of carbonyl (C=O) groups is 4. The molecule has 0 spiro atoms. The van der Waals surface area contributed by atoms with Crippen LogP contribution in [0.2, 0.25) is 0 Å². The number of hydrogen-bond donors (Lipinski definition) is 1. The van der Waals surface area contributed by atoms with Crippen molar-refractivity contribution in [3.63, 3.8) is 0 Å². The molecule has 0 bridgehead atoms. The highest BCUT2D eigenvalue weighted by molar-refractivity contribution is 7.10. The number of halogens is 1. The third-order valence-electron chi connectivity index (χ3n) is 8.92. The van der Waals surface area contributed by atoms with Crippen LogP contribution in [0, 0.1) is 11.7 Å². The number of carbonyl (C=O) groups excluding carboxylic acids is 4. The van der Waals surface area contributed by atoms with Gasteiger partial charge in [-0.15, -0.1) is 11.3 Å². The first-order valence-corrected chi connectivity index (χ1v) is 16.3. The summed E-state index contributed by atoms with van der Waals surface area (Å²) in [5, 5.41) is 5.42. The monoisotopic (exact) mass is 618 g/mol. The van der Waals surface area contributed by atoms with E-state index in [2.05, 4.69) is 10.3 Å². The standard InChI is InChI=1S/C34H39FN4O4S/c1-22(38(2)29(40)20-23-10-5-3-6-11-23)32(42)37-30(24-12-7-4-8-13-24)34(43)39-19-9-14-28(39)33-36-27(21-44-33)31(41)25-15-17-26(35)18-16-25/h3,5-6,10-11,15-18,21-22,24,28,30H,4,7-9,12-14,19-20H2,1-2H3,(H,37,42)/t22-,28+,30+/m1/s1. The Hall–Kier alpha value is -3.92. The average Bonchev–Trinajstić information content (AvgIpc) is 3.74. The lowest BCUT2D eigenvalue weighted by molar-refractivity contribution is -0.142. The number of aromatic nitrogens is 1. The second-order valence-corrected chi connectivity index (χ2v) is 12.7. The van der Waals surface area contributed by atoms with Crippen molar-refractivity contribution >= 4 is 34.8 Å². The van der Waals surface area contributed by atoms with Gasteiger partial charge in [-0.05, 0) is 68.4 Å². The summed E-state index contributed by atoms with van der Waals surface area (Å²) in [6.45, 7) is 2.23. The number of nitrogens with zero attached hydrogens (tertiary/aromatic N) is 3. The summed E-state index contributed by atoms with van der Waals surface area (Å²) < 4.78 is 13.4. The molecule has 3 aromatic rings. The molecule has 1 saturated heterocycles. The number of nitrogens with one attached hydrogen (secondary N) is 1. The lowest BCUT2D eigenvalue weighted by atomic mass is 9.83. The zero-order valence-corrected chi connectivity index (χ0v) is 26.0. The predicted octanol–water partition coefficient (Wildman–Crippen LogP) is 5.33. The third-order valence-corrected chi connectivity index (χ3v) is 9.86. The van der Waals surface area contributed by atoms with Crippen molar-refractivity contribution in [3.8, 4) is 0 Å². The smallest absolute Gasteiger partial charge is 0.246 e. The van der Waals surface area contributed by atoms with E-state index >= 15 is 0 Å². The van der Waals surface area contributed by atoms with Gasteiger partial charge in [0, 0.05) is 24.5 Å². The number of likely N-dealkylation sites (N-methyl/N-ethyl adjacent to an activating group) is 1. The van der Waals surface area contributed by atoms with Gasteiger partial charge in [0.2, 0.25) is 23.5 Å². The molecule has 2 aromatic carbocycles. The summed E-state index contributed by atoms with van der Waals surface area (Å²) in [4.78, 5) is 61.6. The predicted molar refractivity (Wildman–Crippen MR) is 167 cm³/mol. The van der Waals surface area contributed by atoms with Crippen molar-refractivity contribution in [1.82, 2.24) is 20.1 Å². The first-order valence-electron chi connectivity index (χ1n) is 15.4. The van der Waals surface area contributed by atoms with Gasteiger partial charge in [-0.2, -0.15) is 0 Å². The van der Waals surface area contributed by atoms with Crippen LogP contribution in [0.1, 0.15) is 84.5 Å². The first-order chi connectivity index (χ1) is 21.2. The van der Waals surface area contributed by atoms with E-state index < -0.39 is 17.9 Å². The van der Waals surface area contributed by atoms with Crippen LogP contribution in [-0.2, 0) is 20.8 Å². The Labute approximate surface area is 261 Å². The maximum atomic E-state index is 14.2. The fourth-order valence-electron chi connectivity index (χ4n) is 6.17. The molecule has 1 saturated carbocycles. The van der Waals surface area contributed by atoms with E-state index in [1.165, 1.54) is 40.5 Å². The number of ketones is 1. The topological polar surface area (TPSA) is 99.7 Å². The molecule has 1 aromatic heterocycles. The molecule has 44 heavy (non-hydrogen) atoms. The van der Waals surface area contributed by atoms with Gasteiger partial charge in [0.1, 0.15) is 28.6 Å². The van der Waals surface area contributed by atoms with Gasteiger partial charge in [0.25, 0.3) is 0 Å². The summed E-state index contributed by atoms with van der Waals surface area (Å²) in [5.74, 6) is -1.37. The number of benzene rings is 2. The Morgan fingerprint density at radius 3 is 2.41 bits per heavy atom. The number of likely N-dealkylation sites (tertiary alicyclic amines) is 1. The van der Waals surface area contributed by atoms with Gasteiger partial charge >= 0.3 is 0 Å². The van der Waals surface area contributed by atoms with Gasteiger partial charge in [0.05, 0.1) is 12.5 Å². The van der Waals surface area contributed by atoms with Crippen molar-refractivity contribution in [1.29, 1.82) is 0 Å². The zero-order chi connectivity index (χ0) is 31.2. The van der Waals surface area contributed by atoms with E-state index in [1.54, 1.807) is 24.3 Å². The van der Waals surface area contributed by atoms with E-state index in [4.69, 9.17) is 0 Å². The molecule has 3 amide bonds. The number of hydrogen-bond acceptors (Lipinski definition) is 6. The van der Waals surface area contributed by atoms with Crippen molar-refractivity contribution in [2.24, 2.45) is 5.92 Å². The van der Waals surface area contributed by atoms with Gasteiger partial charge < -0.3 is 15.1 Å². The van der Waals surface area contributed by atoms with Crippen LogP contribution in [0.5, 0.6) is 0 Å². The second-order valence-electron chi connectivity index (χ2n) is 11.8. The molecular formula is C34H39FN4O4S. The second kappa shape index (κ2) is 14.2. The Morgan fingerprint density at radius 2 is 1.70 bits per heavy atom. The maximum absolute atomic E-state index is 14.2. The summed E-state index contributed by atoms with van der Waals surface area (Å²) in [6.07, 6.45) is 6.49. The van der Waals surface area contributed by atoms with E-state index in [1.807, 2.05) is 30.3 Å². The Kier molecular flexibility index (Phi) is 10.2. The molecule has 10 heteroatoms. The average molecular weight is 619 g/mol. The lowest BCUT2D eigenvalue weighted by Gasteiger charge is -2.35. The summed E-state index contributed by atoms with van der Waals surface area (Å²) in [7, 11) is 1.62. The molecule has 2 fully saturated rings. The Balaban J connectivity index is 1.30. The van der Waals surface area contributed by atoms with Crippen LogP contribution < -0.4 is 5.32 Å². The summed E-state index contributed by atoms with van der Waals surface area (Å²) in [5.41, 5.74) is 1.49. The molecule has 1 aliphatic carbocycles. The van der Waals surface area contributed by atoms with E-state index in [0.29, 0.717) is 23.5 Å². The van der Waals surface area contributed by atoms with E-state index in [9.17, 15) is 23.6 Å². The number of rotatable bonds is 10. The van der Waals surface area contributed by atoms with Crippen molar-refractivity contribution in [2.75, 3.05) is 13.6 Å². The minimum absolute atomic E-state index is 0.00545. The first kappa shape index (κ1) is 31.5. The fourth-order valence-corrected chi connectivity index (χ4v) is 7.11. The molecule has 5 rings (SSSR count). The molecule has 1 aliphatic heterocycles. The molecule has 3 atom stereocenters. The molecule has 0 radical (unpaired) electrons. The highest BCUT2D eigenvalue weighted by Gasteiger charge is 2.40. The summed E-state index contributed by atoms with van der Waals surface area (Å²) in [6, 6.07) is 13.0. The maximum Gasteiger partial charge on any atom is 0.246 e. The molecule has 2 heterocycles. The molecule has 0 unspecified atom stereocenters. The number of thiazole rings is 1. The number of amides is 3. The normalized spacial score (nSPS) is 18.4. The molecule has 8 nitrogen and oxygen atoms in total.